The minimum atomic E-state index is -4.57. The van der Waals surface area contributed by atoms with Crippen LogP contribution >= 0.6 is 0 Å². The second-order valence-corrected chi connectivity index (χ2v) is 5.07. The highest BCUT2D eigenvalue weighted by atomic mass is 19.4. The molecule has 1 aromatic heterocycles. The van der Waals surface area contributed by atoms with Crippen LogP contribution in [0.1, 0.15) is 16.8 Å². The maximum atomic E-state index is 13.4. The third-order valence-corrected chi connectivity index (χ3v) is 3.37. The number of nitrogens with one attached hydrogen (secondary N) is 2. The lowest BCUT2D eigenvalue weighted by Crippen LogP contribution is -2.30. The van der Waals surface area contributed by atoms with E-state index in [2.05, 4.69) is 26.0 Å². The smallest absolute Gasteiger partial charge is 0.428 e. The second kappa shape index (κ2) is 6.75. The van der Waals surface area contributed by atoms with Gasteiger partial charge in [-0.15, -0.1) is 0 Å². The zero-order chi connectivity index (χ0) is 17.9. The van der Waals surface area contributed by atoms with Gasteiger partial charge in [0.25, 0.3) is 0 Å². The summed E-state index contributed by atoms with van der Waals surface area (Å²) in [5.41, 5.74) is 2.03. The average Bonchev–Trinajstić information content (AvgIpc) is 2.61. The summed E-state index contributed by atoms with van der Waals surface area (Å²) < 4.78 is 44.8. The predicted octanol–water partition coefficient (Wildman–Crippen LogP) is 2.55. The number of anilines is 1. The number of rotatable bonds is 4. The molecule has 1 amide bonds. The van der Waals surface area contributed by atoms with Gasteiger partial charge in [0.2, 0.25) is 0 Å². The number of ether oxygens (including phenoxy) is 1. The number of amides is 1. The Hall–Kier alpha value is -3.17. The highest BCUT2D eigenvalue weighted by molar-refractivity contribution is 6.04. The first-order chi connectivity index (χ1) is 11.9. The highest BCUT2D eigenvalue weighted by Crippen LogP contribution is 2.36. The molecule has 3 rings (SSSR count). The van der Waals surface area contributed by atoms with Crippen molar-refractivity contribution in [1.82, 2.24) is 15.6 Å². The van der Waals surface area contributed by atoms with Crippen LogP contribution in [0.4, 0.5) is 23.7 Å². The van der Waals surface area contributed by atoms with E-state index in [-0.39, 0.29) is 30.1 Å². The molecule has 0 radical (unpaired) electrons. The van der Waals surface area contributed by atoms with Crippen LogP contribution in [-0.2, 0) is 17.5 Å². The molecule has 0 saturated carbocycles. The van der Waals surface area contributed by atoms with Crippen LogP contribution in [0.2, 0.25) is 0 Å². The zero-order valence-corrected chi connectivity index (χ0v) is 12.7. The fraction of sp³-hybridized carbons (Fsp3) is 0.200. The molecule has 0 aliphatic carbocycles. The number of hydrogen-bond acceptors (Lipinski definition) is 6. The monoisotopic (exact) mass is 351 g/mol. The fourth-order valence-electron chi connectivity index (χ4n) is 2.19. The topological polar surface area (TPSA) is 88.5 Å². The number of benzene rings is 1. The molecule has 0 bridgehead atoms. The van der Waals surface area contributed by atoms with Gasteiger partial charge in [-0.05, 0) is 24.3 Å². The molecule has 25 heavy (non-hydrogen) atoms. The number of halogens is 3. The molecule has 1 aromatic carbocycles. The van der Waals surface area contributed by atoms with Crippen molar-refractivity contribution in [2.24, 2.45) is 5.10 Å². The molecule has 10 heteroatoms. The van der Waals surface area contributed by atoms with Gasteiger partial charge in [-0.1, -0.05) is 6.07 Å². The highest BCUT2D eigenvalue weighted by Gasteiger charge is 2.34. The zero-order valence-electron chi connectivity index (χ0n) is 12.7. The largest absolute Gasteiger partial charge is 0.442 e. The first kappa shape index (κ1) is 16.7. The molecule has 2 heterocycles. The van der Waals surface area contributed by atoms with Crippen molar-refractivity contribution in [2.75, 3.05) is 11.9 Å². The summed E-state index contributed by atoms with van der Waals surface area (Å²) in [6.45, 7) is -0.105. The van der Waals surface area contributed by atoms with Gasteiger partial charge in [-0.3, -0.25) is 0 Å². The van der Waals surface area contributed by atoms with E-state index in [1.807, 2.05) is 0 Å². The minimum Gasteiger partial charge on any atom is -0.442 e. The van der Waals surface area contributed by atoms with E-state index < -0.39 is 17.8 Å². The molecule has 0 unspecified atom stereocenters. The first-order valence-corrected chi connectivity index (χ1v) is 7.15. The van der Waals surface area contributed by atoms with Gasteiger partial charge < -0.3 is 10.1 Å². The summed E-state index contributed by atoms with van der Waals surface area (Å²) in [6.07, 6.45) is -3.84. The third-order valence-electron chi connectivity index (χ3n) is 3.37. The van der Waals surface area contributed by atoms with Gasteiger partial charge in [0, 0.05) is 17.4 Å². The maximum Gasteiger partial charge on any atom is 0.428 e. The van der Waals surface area contributed by atoms with E-state index in [0.29, 0.717) is 5.69 Å². The van der Waals surface area contributed by atoms with Crippen molar-refractivity contribution in [3.63, 3.8) is 0 Å². The number of cyclic esters (lactones) is 1. The number of hydrazone groups is 1. The Balaban J connectivity index is 1.87. The van der Waals surface area contributed by atoms with Crippen LogP contribution in [-0.4, -0.2) is 28.6 Å². The van der Waals surface area contributed by atoms with E-state index in [4.69, 9.17) is 4.74 Å². The molecular formula is C15H12F3N5O2. The Labute approximate surface area is 139 Å². The van der Waals surface area contributed by atoms with E-state index in [1.54, 1.807) is 12.1 Å². The number of hydrogen-bond donors (Lipinski definition) is 2. The first-order valence-electron chi connectivity index (χ1n) is 7.15. The molecule has 0 spiro atoms. The second-order valence-electron chi connectivity index (χ2n) is 5.07. The molecular weight excluding hydrogens is 339 g/mol. The van der Waals surface area contributed by atoms with Crippen molar-refractivity contribution in [1.29, 1.82) is 0 Å². The number of carbonyl (C=O) groups excluding carboxylic acids is 1. The summed E-state index contributed by atoms with van der Waals surface area (Å²) in [4.78, 5) is 10.9. The van der Waals surface area contributed by atoms with Crippen molar-refractivity contribution >= 4 is 17.5 Å². The van der Waals surface area contributed by atoms with Crippen molar-refractivity contribution < 1.29 is 22.7 Å². The van der Waals surface area contributed by atoms with Gasteiger partial charge in [-0.25, -0.2) is 10.2 Å². The molecule has 1 aliphatic rings. The van der Waals surface area contributed by atoms with Crippen molar-refractivity contribution in [2.45, 2.75) is 12.7 Å². The van der Waals surface area contributed by atoms with Gasteiger partial charge in [0.15, 0.2) is 0 Å². The number of aromatic nitrogens is 2. The van der Waals surface area contributed by atoms with Crippen molar-refractivity contribution in [3.05, 3.63) is 53.3 Å². The van der Waals surface area contributed by atoms with Gasteiger partial charge in [-0.2, -0.15) is 28.5 Å². The van der Waals surface area contributed by atoms with Crippen LogP contribution in [0, 0.1) is 0 Å². The molecule has 7 nitrogen and oxygen atoms in total. The maximum absolute atomic E-state index is 13.4. The normalized spacial score (nSPS) is 14.4. The SMILES string of the molecule is O=C1NN=C(c2ccc(NCc3cccnn3)c(C(F)(F)F)c2)CO1. The molecule has 2 N–H and O–H groups in total. The Kier molecular flexibility index (Phi) is 4.50. The predicted molar refractivity (Wildman–Crippen MR) is 81.8 cm³/mol. The van der Waals surface area contributed by atoms with Crippen LogP contribution in [0.25, 0.3) is 0 Å². The summed E-state index contributed by atoms with van der Waals surface area (Å²) in [5.74, 6) is 0. The Morgan fingerprint density at radius 2 is 2.12 bits per heavy atom. The van der Waals surface area contributed by atoms with Gasteiger partial charge in [0.1, 0.15) is 12.3 Å². The van der Waals surface area contributed by atoms with E-state index in [9.17, 15) is 18.0 Å². The molecule has 0 saturated heterocycles. The molecule has 1 aliphatic heterocycles. The average molecular weight is 351 g/mol. The van der Waals surface area contributed by atoms with E-state index >= 15 is 0 Å². The summed E-state index contributed by atoms with van der Waals surface area (Å²) in [7, 11) is 0. The quantitative estimate of drug-likeness (QED) is 0.884. The molecule has 0 atom stereocenters. The lowest BCUT2D eigenvalue weighted by Gasteiger charge is -2.18. The van der Waals surface area contributed by atoms with Crippen molar-refractivity contribution in [3.8, 4) is 0 Å². The fourth-order valence-corrected chi connectivity index (χ4v) is 2.19. The molecule has 0 fully saturated rings. The Morgan fingerprint density at radius 3 is 2.76 bits per heavy atom. The summed E-state index contributed by atoms with van der Waals surface area (Å²) >= 11 is 0. The minimum absolute atomic E-state index is 0.0936. The van der Waals surface area contributed by atoms with Gasteiger partial charge >= 0.3 is 12.3 Å². The van der Waals surface area contributed by atoms with Crippen LogP contribution in [0.5, 0.6) is 0 Å². The molecule has 2 aromatic rings. The Bertz CT molecular complexity index is 809. The summed E-state index contributed by atoms with van der Waals surface area (Å²) in [6, 6.07) is 7.02. The van der Waals surface area contributed by atoms with Crippen LogP contribution in [0.15, 0.2) is 41.6 Å². The molecule has 130 valence electrons. The summed E-state index contributed by atoms with van der Waals surface area (Å²) in [5, 5.41) is 13.9. The lowest BCUT2D eigenvalue weighted by molar-refractivity contribution is -0.137. The number of nitrogens with zero attached hydrogens (tertiary/aromatic N) is 3. The number of carbonyl (C=O) groups is 1. The standard InChI is InChI=1S/C15H12F3N5O2/c16-15(17,18)11-6-9(13-8-25-14(24)23-22-13)3-4-12(11)19-7-10-2-1-5-20-21-10/h1-6,19H,7-8H2,(H,23,24). The van der Waals surface area contributed by atoms with E-state index in [0.717, 1.165) is 6.07 Å². The Morgan fingerprint density at radius 1 is 1.28 bits per heavy atom. The lowest BCUT2D eigenvalue weighted by atomic mass is 10.0. The van der Waals surface area contributed by atoms with Crippen LogP contribution < -0.4 is 10.7 Å². The van der Waals surface area contributed by atoms with E-state index in [1.165, 1.54) is 18.3 Å². The van der Waals surface area contributed by atoms with Crippen LogP contribution in [0.3, 0.4) is 0 Å². The van der Waals surface area contributed by atoms with Gasteiger partial charge in [0.05, 0.1) is 17.8 Å². The third kappa shape index (κ3) is 4.03. The number of alkyl halides is 3.